The topological polar surface area (TPSA) is 44.8 Å². The van der Waals surface area contributed by atoms with Crippen LogP contribution >= 0.6 is 0 Å². The predicted octanol–water partition coefficient (Wildman–Crippen LogP) is 5.33. The van der Waals surface area contributed by atoms with E-state index in [1.165, 1.54) is 51.4 Å². The second-order valence-corrected chi connectivity index (χ2v) is 9.86. The summed E-state index contributed by atoms with van der Waals surface area (Å²) >= 11 is 0. The molecule has 0 bridgehead atoms. The van der Waals surface area contributed by atoms with Gasteiger partial charge >= 0.3 is 14.5 Å². The average Bonchev–Trinajstić information content (AvgIpc) is 2.53. The van der Waals surface area contributed by atoms with Crippen LogP contribution in [0.15, 0.2) is 12.2 Å². The first-order valence-corrected chi connectivity index (χ1v) is 11.5. The number of rotatable bonds is 15. The molecule has 0 aliphatic carbocycles. The monoisotopic (exact) mass is 344 g/mol. The van der Waals surface area contributed by atoms with Crippen molar-refractivity contribution in [2.75, 3.05) is 13.9 Å². The predicted molar refractivity (Wildman–Crippen MR) is 97.5 cm³/mol. The van der Waals surface area contributed by atoms with E-state index in [2.05, 4.69) is 13.5 Å². The Morgan fingerprint density at radius 3 is 2.00 bits per heavy atom. The van der Waals surface area contributed by atoms with Gasteiger partial charge in [-0.15, -0.1) is 0 Å². The van der Waals surface area contributed by atoms with E-state index in [-0.39, 0.29) is 6.79 Å². The van der Waals surface area contributed by atoms with Crippen LogP contribution in [0.1, 0.15) is 71.6 Å². The molecule has 1 atom stereocenters. The van der Waals surface area contributed by atoms with Crippen LogP contribution in [-0.2, 0) is 18.4 Å². The van der Waals surface area contributed by atoms with Gasteiger partial charge in [0.1, 0.15) is 0 Å². The number of carbonyl (C=O) groups excluding carboxylic acids is 1. The van der Waals surface area contributed by atoms with Crippen LogP contribution < -0.4 is 0 Å². The molecular weight excluding hydrogens is 308 g/mol. The van der Waals surface area contributed by atoms with Crippen LogP contribution in [0.2, 0.25) is 12.6 Å². The molecule has 4 nitrogen and oxygen atoms in total. The minimum atomic E-state index is -2.22. The SMILES string of the molecule is C=C(C)C(=O)OCO[Si](C)(CCCCCCCCCCC)OC. The van der Waals surface area contributed by atoms with Gasteiger partial charge in [-0.25, -0.2) is 4.79 Å². The molecule has 5 heteroatoms. The fourth-order valence-corrected chi connectivity index (χ4v) is 3.99. The third kappa shape index (κ3) is 12.4. The number of ether oxygens (including phenoxy) is 1. The fourth-order valence-electron chi connectivity index (χ4n) is 2.32. The summed E-state index contributed by atoms with van der Waals surface area (Å²) in [5.41, 5.74) is 0.383. The molecule has 136 valence electrons. The van der Waals surface area contributed by atoms with Crippen LogP contribution in [0.5, 0.6) is 0 Å². The molecule has 0 fully saturated rings. The van der Waals surface area contributed by atoms with Crippen molar-refractivity contribution in [1.82, 2.24) is 0 Å². The number of hydrogen-bond donors (Lipinski definition) is 0. The number of unbranched alkanes of at least 4 members (excludes halogenated alkanes) is 8. The van der Waals surface area contributed by atoms with E-state index < -0.39 is 14.5 Å². The maximum atomic E-state index is 11.3. The van der Waals surface area contributed by atoms with E-state index in [1.807, 2.05) is 6.55 Å². The summed E-state index contributed by atoms with van der Waals surface area (Å²) < 4.78 is 16.2. The highest BCUT2D eigenvalue weighted by atomic mass is 28.4. The Hall–Kier alpha value is -0.653. The molecule has 0 heterocycles. The van der Waals surface area contributed by atoms with Crippen molar-refractivity contribution in [2.45, 2.75) is 84.2 Å². The fraction of sp³-hybridized carbons (Fsp3) is 0.833. The minimum Gasteiger partial charge on any atom is -0.436 e. The number of esters is 1. The summed E-state index contributed by atoms with van der Waals surface area (Å²) in [4.78, 5) is 11.3. The largest absolute Gasteiger partial charge is 0.436 e. The molecule has 0 rings (SSSR count). The van der Waals surface area contributed by atoms with Gasteiger partial charge < -0.3 is 13.6 Å². The van der Waals surface area contributed by atoms with Gasteiger partial charge in [-0.05, 0) is 19.5 Å². The van der Waals surface area contributed by atoms with E-state index >= 15 is 0 Å². The van der Waals surface area contributed by atoms with Crippen molar-refractivity contribution in [1.29, 1.82) is 0 Å². The summed E-state index contributed by atoms with van der Waals surface area (Å²) in [7, 11) is -0.537. The van der Waals surface area contributed by atoms with Crippen LogP contribution in [0.4, 0.5) is 0 Å². The van der Waals surface area contributed by atoms with Gasteiger partial charge in [0.15, 0.2) is 6.79 Å². The van der Waals surface area contributed by atoms with E-state index in [9.17, 15) is 4.79 Å². The Labute approximate surface area is 143 Å². The highest BCUT2D eigenvalue weighted by Crippen LogP contribution is 2.18. The normalized spacial score (nSPS) is 13.6. The first kappa shape index (κ1) is 22.3. The highest BCUT2D eigenvalue weighted by Gasteiger charge is 2.30. The highest BCUT2D eigenvalue weighted by molar-refractivity contribution is 6.65. The van der Waals surface area contributed by atoms with Crippen LogP contribution in [-0.4, -0.2) is 28.4 Å². The van der Waals surface area contributed by atoms with Gasteiger partial charge in [-0.3, -0.25) is 0 Å². The van der Waals surface area contributed by atoms with E-state index in [0.29, 0.717) is 5.57 Å². The molecule has 0 saturated heterocycles. The van der Waals surface area contributed by atoms with Crippen molar-refractivity contribution < 1.29 is 18.4 Å². The first-order chi connectivity index (χ1) is 10.9. The second kappa shape index (κ2) is 13.8. The van der Waals surface area contributed by atoms with Gasteiger partial charge in [-0.2, -0.15) is 0 Å². The lowest BCUT2D eigenvalue weighted by Crippen LogP contribution is -2.38. The molecule has 0 aromatic rings. The molecule has 0 radical (unpaired) electrons. The Kier molecular flexibility index (Phi) is 13.4. The number of hydrogen-bond acceptors (Lipinski definition) is 4. The Bertz CT molecular complexity index is 333. The molecule has 1 unspecified atom stereocenters. The molecule has 0 aliphatic heterocycles. The third-order valence-electron chi connectivity index (χ3n) is 4.07. The van der Waals surface area contributed by atoms with Gasteiger partial charge in [0.2, 0.25) is 0 Å². The molecule has 23 heavy (non-hydrogen) atoms. The summed E-state index contributed by atoms with van der Waals surface area (Å²) in [5.74, 6) is -0.416. The summed E-state index contributed by atoms with van der Waals surface area (Å²) in [5, 5.41) is 0. The Morgan fingerprint density at radius 2 is 1.52 bits per heavy atom. The van der Waals surface area contributed by atoms with Crippen molar-refractivity contribution in [2.24, 2.45) is 0 Å². The molecule has 0 spiro atoms. The maximum Gasteiger partial charge on any atom is 0.337 e. The van der Waals surface area contributed by atoms with Crippen LogP contribution in [0, 0.1) is 0 Å². The maximum absolute atomic E-state index is 11.3. The van der Waals surface area contributed by atoms with Gasteiger partial charge in [0.25, 0.3) is 0 Å². The van der Waals surface area contributed by atoms with Crippen LogP contribution in [0.25, 0.3) is 0 Å². The van der Waals surface area contributed by atoms with Crippen molar-refractivity contribution in [3.05, 3.63) is 12.2 Å². The quantitative estimate of drug-likeness (QED) is 0.132. The van der Waals surface area contributed by atoms with Gasteiger partial charge in [-0.1, -0.05) is 71.3 Å². The Morgan fingerprint density at radius 1 is 1.00 bits per heavy atom. The smallest absolute Gasteiger partial charge is 0.337 e. The summed E-state index contributed by atoms with van der Waals surface area (Å²) in [6, 6.07) is 0.934. The van der Waals surface area contributed by atoms with Gasteiger partial charge in [0.05, 0.1) is 0 Å². The summed E-state index contributed by atoms with van der Waals surface area (Å²) in [6.07, 6.45) is 11.7. The lowest BCUT2D eigenvalue weighted by Gasteiger charge is -2.24. The molecule has 0 saturated carbocycles. The van der Waals surface area contributed by atoms with E-state index in [1.54, 1.807) is 14.0 Å². The third-order valence-corrected chi connectivity index (χ3v) is 6.92. The second-order valence-electron chi connectivity index (χ2n) is 6.39. The zero-order chi connectivity index (χ0) is 17.6. The molecule has 0 aliphatic rings. The number of carbonyl (C=O) groups is 1. The van der Waals surface area contributed by atoms with E-state index in [0.717, 1.165) is 12.5 Å². The molecule has 0 aromatic heterocycles. The first-order valence-electron chi connectivity index (χ1n) is 8.97. The minimum absolute atomic E-state index is 0.0420. The zero-order valence-electron chi connectivity index (χ0n) is 15.6. The molecular formula is C18H36O4Si. The van der Waals surface area contributed by atoms with Crippen molar-refractivity contribution in [3.63, 3.8) is 0 Å². The molecule has 0 N–H and O–H groups in total. The molecule has 0 amide bonds. The standard InChI is InChI=1S/C18H36O4Si/c1-6-7-8-9-10-11-12-13-14-15-23(5,20-4)22-16-21-18(19)17(2)3/h2,6-16H2,1,3-5H3. The average molecular weight is 345 g/mol. The lowest BCUT2D eigenvalue weighted by molar-refractivity contribution is -0.146. The zero-order valence-corrected chi connectivity index (χ0v) is 16.6. The Balaban J connectivity index is 3.70. The molecule has 0 aromatic carbocycles. The van der Waals surface area contributed by atoms with Crippen molar-refractivity contribution in [3.8, 4) is 0 Å². The van der Waals surface area contributed by atoms with Gasteiger partial charge in [0, 0.05) is 12.7 Å². The van der Waals surface area contributed by atoms with Crippen molar-refractivity contribution >= 4 is 14.5 Å². The van der Waals surface area contributed by atoms with E-state index in [4.69, 9.17) is 13.6 Å². The van der Waals surface area contributed by atoms with Crippen LogP contribution in [0.3, 0.4) is 0 Å². The lowest BCUT2D eigenvalue weighted by atomic mass is 10.1. The summed E-state index contributed by atoms with van der Waals surface area (Å²) in [6.45, 7) is 9.39.